The van der Waals surface area contributed by atoms with Gasteiger partial charge < -0.3 is 58.4 Å². The molecule has 0 aliphatic carbocycles. The van der Waals surface area contributed by atoms with Crippen molar-refractivity contribution in [3.63, 3.8) is 0 Å². The van der Waals surface area contributed by atoms with E-state index in [1.54, 1.807) is 18.2 Å². The zero-order chi connectivity index (χ0) is 39.5. The molecule has 1 aromatic rings. The number of nitrogens with zero attached hydrogens (tertiary/aromatic N) is 1. The van der Waals surface area contributed by atoms with Gasteiger partial charge >= 0.3 is 5.97 Å². The number of carbonyl (C=O) groups is 6. The zero-order valence-corrected chi connectivity index (χ0v) is 30.9. The van der Waals surface area contributed by atoms with E-state index in [0.717, 1.165) is 4.90 Å². The van der Waals surface area contributed by atoms with Crippen LogP contribution in [0.2, 0.25) is 0 Å². The van der Waals surface area contributed by atoms with Gasteiger partial charge in [0, 0.05) is 25.2 Å². The summed E-state index contributed by atoms with van der Waals surface area (Å²) in [5.74, 6) is -3.75. The minimum atomic E-state index is -1.13. The Morgan fingerprint density at radius 2 is 1.15 bits per heavy atom. The maximum absolute atomic E-state index is 13.1. The molecule has 0 bridgehead atoms. The molecule has 20 nitrogen and oxygen atoms in total. The summed E-state index contributed by atoms with van der Waals surface area (Å²) in [6.07, 6.45) is 0.153. The standard InChI is InChI=1S/C35H52N4O16/c40-29-5-4-28(33(44)38-29)39-34(45)26-2-1-3-27(32(26)35(39)46)36-6-8-47-10-12-49-14-16-51-18-20-53-22-23-54-21-19-52-17-15-50-13-11-48-9-7-37-30(41)24-55-25-31(42)43/h1-3,28,36H,4-25H2,(H,37,41)(H,42,43)(H,38,40,44). The number of rotatable bonds is 33. The van der Waals surface area contributed by atoms with Crippen molar-refractivity contribution in [3.8, 4) is 0 Å². The summed E-state index contributed by atoms with van der Waals surface area (Å²) in [5.41, 5.74) is 0.877. The van der Waals surface area contributed by atoms with Crippen molar-refractivity contribution in [2.45, 2.75) is 18.9 Å². The molecule has 0 aromatic heterocycles. The molecule has 0 spiro atoms. The topological polar surface area (TPSA) is 245 Å². The molecule has 3 rings (SSSR count). The number of fused-ring (bicyclic) bond motifs is 1. The van der Waals surface area contributed by atoms with E-state index in [9.17, 15) is 28.8 Å². The summed E-state index contributed by atoms with van der Waals surface area (Å²) in [7, 11) is 0. The van der Waals surface area contributed by atoms with E-state index in [2.05, 4.69) is 20.7 Å². The molecular weight excluding hydrogens is 732 g/mol. The third-order valence-corrected chi connectivity index (χ3v) is 7.66. The summed E-state index contributed by atoms with van der Waals surface area (Å²) in [6.45, 7) is 6.11. The Kier molecular flexibility index (Phi) is 22.6. The number of carboxylic acids is 1. The highest BCUT2D eigenvalue weighted by atomic mass is 16.6. The largest absolute Gasteiger partial charge is 0.480 e. The second-order valence-electron chi connectivity index (χ2n) is 11.7. The molecule has 4 N–H and O–H groups in total. The Hall–Kier alpha value is -4.12. The van der Waals surface area contributed by atoms with Crippen LogP contribution in [-0.4, -0.2) is 184 Å². The lowest BCUT2D eigenvalue weighted by Gasteiger charge is -2.27. The van der Waals surface area contributed by atoms with E-state index in [1.165, 1.54) is 0 Å². The van der Waals surface area contributed by atoms with Crippen molar-refractivity contribution in [2.75, 3.05) is 137 Å². The van der Waals surface area contributed by atoms with Gasteiger partial charge in [-0.05, 0) is 18.6 Å². The summed E-state index contributed by atoms with van der Waals surface area (Å²) >= 11 is 0. The normalized spacial score (nSPS) is 15.3. The predicted molar refractivity (Wildman–Crippen MR) is 190 cm³/mol. The molecule has 55 heavy (non-hydrogen) atoms. The molecule has 1 saturated heterocycles. The van der Waals surface area contributed by atoms with Gasteiger partial charge in [0.1, 0.15) is 19.3 Å². The zero-order valence-electron chi connectivity index (χ0n) is 30.9. The highest BCUT2D eigenvalue weighted by Gasteiger charge is 2.45. The number of aliphatic carboxylic acids is 1. The van der Waals surface area contributed by atoms with Crippen molar-refractivity contribution in [1.29, 1.82) is 0 Å². The lowest BCUT2D eigenvalue weighted by molar-refractivity contribution is -0.143. The summed E-state index contributed by atoms with van der Waals surface area (Å²) in [5, 5.41) is 16.3. The van der Waals surface area contributed by atoms with Crippen LogP contribution in [0.5, 0.6) is 0 Å². The lowest BCUT2D eigenvalue weighted by Crippen LogP contribution is -2.54. The Labute approximate surface area is 318 Å². The molecular formula is C35H52N4O16. The summed E-state index contributed by atoms with van der Waals surface area (Å²) < 4.78 is 48.3. The first kappa shape index (κ1) is 45.3. The van der Waals surface area contributed by atoms with Gasteiger partial charge in [0.25, 0.3) is 11.8 Å². The van der Waals surface area contributed by atoms with Crippen LogP contribution in [0.3, 0.4) is 0 Å². The van der Waals surface area contributed by atoms with Gasteiger partial charge in [-0.2, -0.15) is 0 Å². The molecule has 0 saturated carbocycles. The van der Waals surface area contributed by atoms with Gasteiger partial charge in [-0.1, -0.05) is 6.07 Å². The number of anilines is 1. The third kappa shape index (κ3) is 17.9. The first-order valence-corrected chi connectivity index (χ1v) is 18.1. The van der Waals surface area contributed by atoms with Crippen LogP contribution in [-0.2, 0) is 61.8 Å². The van der Waals surface area contributed by atoms with Gasteiger partial charge in [-0.15, -0.1) is 0 Å². The summed E-state index contributed by atoms with van der Waals surface area (Å²) in [4.78, 5) is 72.5. The molecule has 20 heteroatoms. The Morgan fingerprint density at radius 1 is 0.655 bits per heavy atom. The van der Waals surface area contributed by atoms with E-state index < -0.39 is 48.2 Å². The molecule has 1 unspecified atom stereocenters. The van der Waals surface area contributed by atoms with Crippen LogP contribution in [0.1, 0.15) is 33.6 Å². The van der Waals surface area contributed by atoms with Gasteiger partial charge in [0.05, 0.1) is 117 Å². The Balaban J connectivity index is 1.02. The number of carbonyl (C=O) groups excluding carboxylic acids is 5. The number of hydrogen-bond acceptors (Lipinski definition) is 16. The quantitative estimate of drug-likeness (QED) is 0.0486. The number of imide groups is 2. The minimum absolute atomic E-state index is 0.0578. The maximum atomic E-state index is 13.1. The number of benzene rings is 1. The number of amides is 5. The average molecular weight is 785 g/mol. The van der Waals surface area contributed by atoms with Crippen LogP contribution < -0.4 is 16.0 Å². The molecule has 0 radical (unpaired) electrons. The molecule has 5 amide bonds. The molecule has 2 aliphatic rings. The maximum Gasteiger partial charge on any atom is 0.329 e. The second-order valence-corrected chi connectivity index (χ2v) is 11.7. The van der Waals surface area contributed by atoms with Crippen LogP contribution in [0, 0.1) is 0 Å². The monoisotopic (exact) mass is 784 g/mol. The van der Waals surface area contributed by atoms with Crippen LogP contribution >= 0.6 is 0 Å². The first-order valence-electron chi connectivity index (χ1n) is 18.1. The Morgan fingerprint density at radius 3 is 1.64 bits per heavy atom. The van der Waals surface area contributed by atoms with Crippen LogP contribution in [0.25, 0.3) is 0 Å². The molecule has 2 heterocycles. The van der Waals surface area contributed by atoms with E-state index >= 15 is 0 Å². The lowest BCUT2D eigenvalue weighted by atomic mass is 10.0. The van der Waals surface area contributed by atoms with Crippen molar-refractivity contribution < 1.29 is 76.5 Å². The van der Waals surface area contributed by atoms with Crippen molar-refractivity contribution in [3.05, 3.63) is 29.3 Å². The number of carboxylic acid groups (broad SMARTS) is 1. The van der Waals surface area contributed by atoms with Crippen LogP contribution in [0.4, 0.5) is 5.69 Å². The Bertz CT molecular complexity index is 1370. The van der Waals surface area contributed by atoms with Gasteiger partial charge in [0.2, 0.25) is 17.7 Å². The minimum Gasteiger partial charge on any atom is -0.480 e. The van der Waals surface area contributed by atoms with Gasteiger partial charge in [-0.25, -0.2) is 4.79 Å². The van der Waals surface area contributed by atoms with Crippen molar-refractivity contribution in [2.24, 2.45) is 0 Å². The van der Waals surface area contributed by atoms with E-state index in [-0.39, 0.29) is 37.1 Å². The van der Waals surface area contributed by atoms with Gasteiger partial charge in [0.15, 0.2) is 0 Å². The number of nitrogens with one attached hydrogen (secondary N) is 3. The fourth-order valence-electron chi connectivity index (χ4n) is 5.11. The SMILES string of the molecule is O=C(O)COCC(=O)NCCOCCOCCOCCOCCOCCOCCOCCOCCNc1cccc2c1C(=O)N(C1CCC(=O)NC1=O)C2=O. The highest BCUT2D eigenvalue weighted by Crippen LogP contribution is 2.32. The molecule has 1 atom stereocenters. The van der Waals surface area contributed by atoms with Crippen molar-refractivity contribution in [1.82, 2.24) is 15.5 Å². The highest BCUT2D eigenvalue weighted by molar-refractivity contribution is 6.25. The molecule has 1 fully saturated rings. The fourth-order valence-corrected chi connectivity index (χ4v) is 5.11. The number of hydrogen-bond donors (Lipinski definition) is 4. The predicted octanol–water partition coefficient (Wildman–Crippen LogP) is -1.15. The molecule has 1 aromatic carbocycles. The number of ether oxygens (including phenoxy) is 9. The molecule has 308 valence electrons. The fraction of sp³-hybridized carbons (Fsp3) is 0.657. The number of piperidine rings is 1. The van der Waals surface area contributed by atoms with Crippen molar-refractivity contribution >= 4 is 41.2 Å². The summed E-state index contributed by atoms with van der Waals surface area (Å²) in [6, 6.07) is 3.87. The van der Waals surface area contributed by atoms with Crippen LogP contribution in [0.15, 0.2) is 18.2 Å². The third-order valence-electron chi connectivity index (χ3n) is 7.66. The van der Waals surface area contributed by atoms with Gasteiger partial charge in [-0.3, -0.25) is 34.2 Å². The first-order chi connectivity index (χ1) is 26.8. The van der Waals surface area contributed by atoms with E-state index in [1.807, 2.05) is 0 Å². The average Bonchev–Trinajstić information content (AvgIpc) is 3.41. The molecule has 2 aliphatic heterocycles. The van der Waals surface area contributed by atoms with E-state index in [4.69, 9.17) is 43.0 Å². The van der Waals surface area contributed by atoms with E-state index in [0.29, 0.717) is 118 Å². The second kappa shape index (κ2) is 27.5. The smallest absolute Gasteiger partial charge is 0.329 e.